The van der Waals surface area contributed by atoms with Crippen LogP contribution >= 0.6 is 0 Å². The summed E-state index contributed by atoms with van der Waals surface area (Å²) < 4.78 is 41.5. The van der Waals surface area contributed by atoms with Crippen LogP contribution in [-0.4, -0.2) is 40.6 Å². The van der Waals surface area contributed by atoms with Gasteiger partial charge in [0.15, 0.2) is 11.2 Å². The quantitative estimate of drug-likeness (QED) is 0.543. The van der Waals surface area contributed by atoms with Crippen molar-refractivity contribution in [3.8, 4) is 5.88 Å². The van der Waals surface area contributed by atoms with E-state index in [1.54, 1.807) is 6.20 Å². The van der Waals surface area contributed by atoms with E-state index in [4.69, 9.17) is 0 Å². The van der Waals surface area contributed by atoms with E-state index in [0.717, 1.165) is 21.8 Å². The molecule has 0 radical (unpaired) electrons. The maximum atomic E-state index is 13.5. The molecule has 0 atom stereocenters. The van der Waals surface area contributed by atoms with Gasteiger partial charge in [0.1, 0.15) is 6.33 Å². The molecule has 0 bridgehead atoms. The summed E-state index contributed by atoms with van der Waals surface area (Å²) in [5, 5.41) is 13.8. The summed E-state index contributed by atoms with van der Waals surface area (Å²) in [4.78, 5) is 19.7. The lowest BCUT2D eigenvalue weighted by atomic mass is 9.86. The lowest BCUT2D eigenvalue weighted by Gasteiger charge is -2.37. The minimum absolute atomic E-state index is 0.0322. The molecule has 148 valence electrons. The Morgan fingerprint density at radius 3 is 2.66 bits per heavy atom. The summed E-state index contributed by atoms with van der Waals surface area (Å²) in [5.41, 5.74) is 0.498. The average molecular weight is 401 g/mol. The molecule has 29 heavy (non-hydrogen) atoms. The Morgan fingerprint density at radius 1 is 1.07 bits per heavy atom. The van der Waals surface area contributed by atoms with Gasteiger partial charge in [-0.15, -0.1) is 0 Å². The van der Waals surface area contributed by atoms with Gasteiger partial charge in [0.2, 0.25) is 17.7 Å². The first-order chi connectivity index (χ1) is 13.9. The maximum Gasteiger partial charge on any atom is 0.449 e. The van der Waals surface area contributed by atoms with Gasteiger partial charge in [-0.1, -0.05) is 18.2 Å². The van der Waals surface area contributed by atoms with Gasteiger partial charge < -0.3 is 15.0 Å². The molecule has 1 aliphatic rings. The molecule has 1 fully saturated rings. The van der Waals surface area contributed by atoms with E-state index in [1.165, 1.54) is 0 Å². The van der Waals surface area contributed by atoms with Crippen molar-refractivity contribution in [2.45, 2.75) is 31.1 Å². The molecule has 11 heteroatoms. The van der Waals surface area contributed by atoms with Crippen LogP contribution in [0.25, 0.3) is 22.1 Å². The fraction of sp³-hybridized carbons (Fsp3) is 0.278. The van der Waals surface area contributed by atoms with Crippen LogP contribution in [0.2, 0.25) is 0 Å². The standard InChI is InChI=1S/C18H14F3N7O/c19-18(20,21)16-27-13-14(23-8-24-15(13)29)28(16)11-5-10(6-11)25-17-22-7-9-3-1-2-4-12(9)26-17/h1-4,7-8,10-11H,5-6H2,(H,22,25,26)(H,23,24,29). The number of aromatic nitrogens is 6. The highest BCUT2D eigenvalue weighted by Gasteiger charge is 2.43. The minimum Gasteiger partial charge on any atom is -0.492 e. The number of aromatic hydroxyl groups is 1. The van der Waals surface area contributed by atoms with Crippen molar-refractivity contribution in [3.05, 3.63) is 42.6 Å². The normalized spacial score (nSPS) is 19.4. The highest BCUT2D eigenvalue weighted by Crippen LogP contribution is 2.41. The Hall–Kier alpha value is -3.50. The molecule has 0 unspecified atom stereocenters. The highest BCUT2D eigenvalue weighted by atomic mass is 19.4. The molecule has 1 aliphatic carbocycles. The molecule has 5 rings (SSSR count). The number of hydrogen-bond donors (Lipinski definition) is 2. The van der Waals surface area contributed by atoms with Gasteiger partial charge in [0.25, 0.3) is 0 Å². The first-order valence-corrected chi connectivity index (χ1v) is 8.87. The number of para-hydroxylation sites is 1. The Balaban J connectivity index is 1.40. The lowest BCUT2D eigenvalue weighted by Crippen LogP contribution is -2.38. The third-order valence-corrected chi connectivity index (χ3v) is 5.01. The van der Waals surface area contributed by atoms with Gasteiger partial charge in [-0.2, -0.15) is 18.2 Å². The second kappa shape index (κ2) is 6.26. The van der Waals surface area contributed by atoms with Crippen LogP contribution in [0.5, 0.6) is 5.88 Å². The van der Waals surface area contributed by atoms with Crippen molar-refractivity contribution < 1.29 is 18.3 Å². The topological polar surface area (TPSA) is 102 Å². The fourth-order valence-electron chi connectivity index (χ4n) is 3.58. The zero-order valence-electron chi connectivity index (χ0n) is 14.8. The summed E-state index contributed by atoms with van der Waals surface area (Å²) in [6.07, 6.45) is -1.13. The molecule has 4 aromatic rings. The number of nitrogens with one attached hydrogen (secondary N) is 1. The van der Waals surface area contributed by atoms with Crippen LogP contribution in [0, 0.1) is 0 Å². The van der Waals surface area contributed by atoms with Gasteiger partial charge in [0, 0.05) is 23.7 Å². The van der Waals surface area contributed by atoms with Gasteiger partial charge in [-0.05, 0) is 18.9 Å². The molecule has 3 heterocycles. The first kappa shape index (κ1) is 17.6. The molecule has 0 amide bonds. The van der Waals surface area contributed by atoms with Gasteiger partial charge in [-0.25, -0.2) is 19.9 Å². The zero-order valence-corrected chi connectivity index (χ0v) is 14.8. The molecule has 3 aromatic heterocycles. The van der Waals surface area contributed by atoms with Crippen molar-refractivity contribution in [2.75, 3.05) is 5.32 Å². The maximum absolute atomic E-state index is 13.5. The zero-order chi connectivity index (χ0) is 20.2. The van der Waals surface area contributed by atoms with Gasteiger partial charge in [0.05, 0.1) is 5.52 Å². The highest BCUT2D eigenvalue weighted by molar-refractivity contribution is 5.78. The fourth-order valence-corrected chi connectivity index (χ4v) is 3.58. The van der Waals surface area contributed by atoms with Crippen molar-refractivity contribution in [1.82, 2.24) is 29.5 Å². The van der Waals surface area contributed by atoms with Crippen LogP contribution in [-0.2, 0) is 6.18 Å². The summed E-state index contributed by atoms with van der Waals surface area (Å²) in [6.45, 7) is 0. The Kier molecular flexibility index (Phi) is 3.80. The predicted molar refractivity (Wildman–Crippen MR) is 97.2 cm³/mol. The van der Waals surface area contributed by atoms with Crippen molar-refractivity contribution in [2.24, 2.45) is 0 Å². The molecule has 0 saturated heterocycles. The number of rotatable bonds is 3. The van der Waals surface area contributed by atoms with E-state index < -0.39 is 23.9 Å². The van der Waals surface area contributed by atoms with Crippen LogP contribution < -0.4 is 5.32 Å². The number of imidazole rings is 1. The first-order valence-electron chi connectivity index (χ1n) is 8.87. The van der Waals surface area contributed by atoms with Gasteiger partial charge >= 0.3 is 6.18 Å². The summed E-state index contributed by atoms with van der Waals surface area (Å²) >= 11 is 0. The molecule has 0 aliphatic heterocycles. The van der Waals surface area contributed by atoms with E-state index in [2.05, 4.69) is 30.2 Å². The molecular formula is C18H14F3N7O. The number of fused-ring (bicyclic) bond motifs is 2. The third kappa shape index (κ3) is 2.98. The molecule has 1 saturated carbocycles. The predicted octanol–water partition coefficient (Wildman–Crippen LogP) is 3.31. The summed E-state index contributed by atoms with van der Waals surface area (Å²) in [7, 11) is 0. The number of nitrogens with zero attached hydrogens (tertiary/aromatic N) is 6. The van der Waals surface area contributed by atoms with Crippen LogP contribution in [0.4, 0.5) is 19.1 Å². The second-order valence-corrected chi connectivity index (χ2v) is 6.89. The van der Waals surface area contributed by atoms with E-state index in [1.807, 2.05) is 24.3 Å². The van der Waals surface area contributed by atoms with E-state index >= 15 is 0 Å². The summed E-state index contributed by atoms with van der Waals surface area (Å²) in [5.74, 6) is -1.23. The van der Waals surface area contributed by atoms with Crippen molar-refractivity contribution in [3.63, 3.8) is 0 Å². The van der Waals surface area contributed by atoms with Gasteiger partial charge in [-0.3, -0.25) is 0 Å². The van der Waals surface area contributed by atoms with E-state index in [9.17, 15) is 18.3 Å². The molecule has 0 spiro atoms. The van der Waals surface area contributed by atoms with Crippen molar-refractivity contribution >= 4 is 28.0 Å². The summed E-state index contributed by atoms with van der Waals surface area (Å²) in [6, 6.07) is 6.98. The van der Waals surface area contributed by atoms with E-state index in [-0.39, 0.29) is 17.2 Å². The minimum atomic E-state index is -4.67. The Morgan fingerprint density at radius 2 is 1.86 bits per heavy atom. The van der Waals surface area contributed by atoms with Crippen molar-refractivity contribution in [1.29, 1.82) is 0 Å². The SMILES string of the molecule is Oc1ncnc2c1nc(C(F)(F)F)n2C1CC(Nc2ncc3ccccc3n2)C1. The number of hydrogen-bond acceptors (Lipinski definition) is 7. The number of halogens is 3. The Labute approximate surface area is 161 Å². The Bertz CT molecular complexity index is 1220. The third-order valence-electron chi connectivity index (χ3n) is 5.01. The average Bonchev–Trinajstić information content (AvgIpc) is 3.05. The molecule has 1 aromatic carbocycles. The number of alkyl halides is 3. The number of anilines is 1. The largest absolute Gasteiger partial charge is 0.492 e. The van der Waals surface area contributed by atoms with Crippen LogP contribution in [0.1, 0.15) is 24.7 Å². The monoisotopic (exact) mass is 401 g/mol. The molecule has 2 N–H and O–H groups in total. The molecule has 8 nitrogen and oxygen atoms in total. The number of benzene rings is 1. The smallest absolute Gasteiger partial charge is 0.449 e. The van der Waals surface area contributed by atoms with E-state index in [0.29, 0.717) is 18.8 Å². The van der Waals surface area contributed by atoms with Crippen LogP contribution in [0.15, 0.2) is 36.8 Å². The second-order valence-electron chi connectivity index (χ2n) is 6.89. The molecular weight excluding hydrogens is 387 g/mol. The van der Waals surface area contributed by atoms with Crippen LogP contribution in [0.3, 0.4) is 0 Å². The lowest BCUT2D eigenvalue weighted by molar-refractivity contribution is -0.148.